The highest BCUT2D eigenvalue weighted by molar-refractivity contribution is 6.33. The van der Waals surface area contributed by atoms with E-state index in [0.29, 0.717) is 11.6 Å². The Balaban J connectivity index is 1.97. The SMILES string of the molecule is FC(F)(F)c1ccc(NCC2CCNCC2)c(Cl)c1. The zero-order valence-electron chi connectivity index (χ0n) is 10.4. The molecule has 0 amide bonds. The Hall–Kier alpha value is -0.940. The molecule has 0 aliphatic carbocycles. The first-order valence-corrected chi connectivity index (χ1v) is 6.66. The van der Waals surface area contributed by atoms with Crippen LogP contribution < -0.4 is 10.6 Å². The van der Waals surface area contributed by atoms with Gasteiger partial charge in [0.25, 0.3) is 0 Å². The van der Waals surface area contributed by atoms with E-state index < -0.39 is 11.7 Å². The number of alkyl halides is 3. The van der Waals surface area contributed by atoms with Crippen LogP contribution >= 0.6 is 11.6 Å². The van der Waals surface area contributed by atoms with Crippen LogP contribution in [0.15, 0.2) is 18.2 Å². The molecule has 2 rings (SSSR count). The average Bonchev–Trinajstić information content (AvgIpc) is 2.37. The molecule has 19 heavy (non-hydrogen) atoms. The van der Waals surface area contributed by atoms with E-state index in [1.165, 1.54) is 6.07 Å². The van der Waals surface area contributed by atoms with Crippen LogP contribution in [0, 0.1) is 5.92 Å². The molecule has 2 nitrogen and oxygen atoms in total. The highest BCUT2D eigenvalue weighted by atomic mass is 35.5. The third-order valence-electron chi connectivity index (χ3n) is 3.34. The van der Waals surface area contributed by atoms with Gasteiger partial charge in [-0.2, -0.15) is 13.2 Å². The smallest absolute Gasteiger partial charge is 0.384 e. The zero-order valence-corrected chi connectivity index (χ0v) is 11.1. The van der Waals surface area contributed by atoms with E-state index >= 15 is 0 Å². The molecule has 1 aliphatic rings. The lowest BCUT2D eigenvalue weighted by Crippen LogP contribution is -2.31. The second-order valence-corrected chi connectivity index (χ2v) is 5.17. The van der Waals surface area contributed by atoms with Crippen LogP contribution in [0.3, 0.4) is 0 Å². The molecule has 0 unspecified atom stereocenters. The zero-order chi connectivity index (χ0) is 13.9. The molecular formula is C13H16ClF3N2. The van der Waals surface area contributed by atoms with Crippen LogP contribution in [0.5, 0.6) is 0 Å². The van der Waals surface area contributed by atoms with E-state index in [-0.39, 0.29) is 5.02 Å². The molecule has 1 saturated heterocycles. The van der Waals surface area contributed by atoms with Crippen LogP contribution in [-0.4, -0.2) is 19.6 Å². The summed E-state index contributed by atoms with van der Waals surface area (Å²) in [7, 11) is 0. The van der Waals surface area contributed by atoms with E-state index in [2.05, 4.69) is 10.6 Å². The van der Waals surface area contributed by atoms with Crippen LogP contribution in [0.2, 0.25) is 5.02 Å². The summed E-state index contributed by atoms with van der Waals surface area (Å²) in [6.07, 6.45) is -2.20. The van der Waals surface area contributed by atoms with Crippen molar-refractivity contribution in [1.29, 1.82) is 0 Å². The number of rotatable bonds is 3. The lowest BCUT2D eigenvalue weighted by atomic mass is 9.98. The van der Waals surface area contributed by atoms with Crippen molar-refractivity contribution in [3.8, 4) is 0 Å². The van der Waals surface area contributed by atoms with Gasteiger partial charge in [-0.3, -0.25) is 0 Å². The maximum absolute atomic E-state index is 12.5. The molecule has 0 spiro atoms. The van der Waals surface area contributed by atoms with Gasteiger partial charge in [0.15, 0.2) is 0 Å². The van der Waals surface area contributed by atoms with Crippen LogP contribution in [-0.2, 0) is 6.18 Å². The summed E-state index contributed by atoms with van der Waals surface area (Å²) in [6, 6.07) is 3.41. The summed E-state index contributed by atoms with van der Waals surface area (Å²) in [5, 5.41) is 6.52. The fourth-order valence-corrected chi connectivity index (χ4v) is 2.42. The third-order valence-corrected chi connectivity index (χ3v) is 3.65. The van der Waals surface area contributed by atoms with Crippen molar-refractivity contribution in [2.75, 3.05) is 25.0 Å². The highest BCUT2D eigenvalue weighted by Gasteiger charge is 2.30. The molecule has 0 aromatic heterocycles. The van der Waals surface area contributed by atoms with Crippen molar-refractivity contribution in [3.63, 3.8) is 0 Å². The Labute approximate surface area is 115 Å². The Morgan fingerprint density at radius 2 is 1.95 bits per heavy atom. The topological polar surface area (TPSA) is 24.1 Å². The molecule has 0 radical (unpaired) electrons. The maximum Gasteiger partial charge on any atom is 0.416 e. The van der Waals surface area contributed by atoms with Gasteiger partial charge < -0.3 is 10.6 Å². The second kappa shape index (κ2) is 6.01. The Bertz CT molecular complexity index is 428. The fourth-order valence-electron chi connectivity index (χ4n) is 2.17. The van der Waals surface area contributed by atoms with Crippen LogP contribution in [0.4, 0.5) is 18.9 Å². The lowest BCUT2D eigenvalue weighted by molar-refractivity contribution is -0.137. The first-order valence-electron chi connectivity index (χ1n) is 6.28. The normalized spacial score (nSPS) is 17.5. The fraction of sp³-hybridized carbons (Fsp3) is 0.538. The van der Waals surface area contributed by atoms with Crippen LogP contribution in [0.1, 0.15) is 18.4 Å². The van der Waals surface area contributed by atoms with E-state index in [9.17, 15) is 13.2 Å². The van der Waals surface area contributed by atoms with E-state index in [1.54, 1.807) is 0 Å². The minimum Gasteiger partial charge on any atom is -0.384 e. The molecule has 1 aromatic rings. The molecule has 1 aliphatic heterocycles. The van der Waals surface area contributed by atoms with E-state index in [0.717, 1.165) is 44.6 Å². The van der Waals surface area contributed by atoms with Crippen molar-refractivity contribution in [3.05, 3.63) is 28.8 Å². The van der Waals surface area contributed by atoms with Gasteiger partial charge in [-0.1, -0.05) is 11.6 Å². The minimum absolute atomic E-state index is 0.115. The van der Waals surface area contributed by atoms with E-state index in [1.807, 2.05) is 0 Å². The predicted octanol–water partition coefficient (Wildman–Crippen LogP) is 3.77. The molecule has 1 aromatic carbocycles. The largest absolute Gasteiger partial charge is 0.416 e. The van der Waals surface area contributed by atoms with Crippen LogP contribution in [0.25, 0.3) is 0 Å². The molecule has 1 fully saturated rings. The Morgan fingerprint density at radius 1 is 1.26 bits per heavy atom. The van der Waals surface area contributed by atoms with Gasteiger partial charge in [0.2, 0.25) is 0 Å². The maximum atomic E-state index is 12.5. The third kappa shape index (κ3) is 4.01. The molecule has 106 valence electrons. The van der Waals surface area contributed by atoms with Crippen molar-refractivity contribution in [1.82, 2.24) is 5.32 Å². The molecule has 0 saturated carbocycles. The number of piperidine rings is 1. The number of benzene rings is 1. The van der Waals surface area contributed by atoms with Crippen molar-refractivity contribution in [2.45, 2.75) is 19.0 Å². The molecule has 0 bridgehead atoms. The molecular weight excluding hydrogens is 277 g/mol. The molecule has 2 N–H and O–H groups in total. The monoisotopic (exact) mass is 292 g/mol. The number of anilines is 1. The van der Waals surface area contributed by atoms with Gasteiger partial charge in [-0.15, -0.1) is 0 Å². The second-order valence-electron chi connectivity index (χ2n) is 4.77. The van der Waals surface area contributed by atoms with Crippen molar-refractivity contribution in [2.24, 2.45) is 5.92 Å². The lowest BCUT2D eigenvalue weighted by Gasteiger charge is -2.23. The van der Waals surface area contributed by atoms with Gasteiger partial charge in [-0.05, 0) is 50.0 Å². The summed E-state index contributed by atoms with van der Waals surface area (Å²) < 4.78 is 37.5. The number of nitrogens with one attached hydrogen (secondary N) is 2. The van der Waals surface area contributed by atoms with Gasteiger partial charge >= 0.3 is 6.18 Å². The van der Waals surface area contributed by atoms with Gasteiger partial charge in [0.1, 0.15) is 0 Å². The summed E-state index contributed by atoms with van der Waals surface area (Å²) >= 11 is 5.88. The summed E-state index contributed by atoms with van der Waals surface area (Å²) in [4.78, 5) is 0. The first kappa shape index (κ1) is 14.5. The predicted molar refractivity (Wildman–Crippen MR) is 70.5 cm³/mol. The quantitative estimate of drug-likeness (QED) is 0.886. The average molecular weight is 293 g/mol. The summed E-state index contributed by atoms with van der Waals surface area (Å²) in [5.41, 5.74) is -0.155. The van der Waals surface area contributed by atoms with Crippen molar-refractivity contribution >= 4 is 17.3 Å². The number of hydrogen-bond donors (Lipinski definition) is 2. The van der Waals surface area contributed by atoms with Crippen molar-refractivity contribution < 1.29 is 13.2 Å². The van der Waals surface area contributed by atoms with E-state index in [4.69, 9.17) is 11.6 Å². The Morgan fingerprint density at radius 3 is 2.53 bits per heavy atom. The standard InChI is InChI=1S/C13H16ClF3N2/c14-11-7-10(13(15,16)17)1-2-12(11)19-8-9-3-5-18-6-4-9/h1-2,7,9,18-19H,3-6,8H2. The minimum atomic E-state index is -4.35. The molecule has 0 atom stereocenters. The summed E-state index contributed by atoms with van der Waals surface area (Å²) in [5.74, 6) is 0.541. The highest BCUT2D eigenvalue weighted by Crippen LogP contribution is 2.33. The Kier molecular flexibility index (Phi) is 4.58. The molecule has 6 heteroatoms. The summed E-state index contributed by atoms with van der Waals surface area (Å²) in [6.45, 7) is 2.73. The number of halogens is 4. The van der Waals surface area contributed by atoms with Gasteiger partial charge in [-0.25, -0.2) is 0 Å². The molecule has 1 heterocycles. The van der Waals surface area contributed by atoms with Gasteiger partial charge in [0, 0.05) is 6.54 Å². The number of hydrogen-bond acceptors (Lipinski definition) is 2. The first-order chi connectivity index (χ1) is 8.97. The van der Waals surface area contributed by atoms with Gasteiger partial charge in [0.05, 0.1) is 16.3 Å².